The molecule has 4 rings (SSSR count). The maximum atomic E-state index is 13.2. The molecule has 2 atom stereocenters. The van der Waals surface area contributed by atoms with E-state index >= 15 is 0 Å². The molecule has 2 saturated heterocycles. The number of carbonyl (C=O) groups excluding carboxylic acids is 2. The fourth-order valence-corrected chi connectivity index (χ4v) is 5.96. The van der Waals surface area contributed by atoms with Gasteiger partial charge in [-0.1, -0.05) is 44.2 Å². The molecule has 6 nitrogen and oxygen atoms in total. The standard InChI is InChI=1S/C27H39N3O3/c1-20-16-21(2)18-30(17-20)13-7-12-28-25(31)24-22(3)26(32)33-27(24)10-14-29(15-11-27)19-23-8-5-4-6-9-23/h4-6,8-9,20-21H,7,10-19H2,1-3H3,(H,28,31)/t20-,21-/m1/s1. The van der Waals surface area contributed by atoms with Crippen molar-refractivity contribution in [2.24, 2.45) is 11.8 Å². The summed E-state index contributed by atoms with van der Waals surface area (Å²) in [4.78, 5) is 30.5. The summed E-state index contributed by atoms with van der Waals surface area (Å²) in [5, 5.41) is 3.09. The van der Waals surface area contributed by atoms with Gasteiger partial charge >= 0.3 is 5.97 Å². The normalized spacial score (nSPS) is 26.0. The number of rotatable bonds is 7. The van der Waals surface area contributed by atoms with Crippen molar-refractivity contribution < 1.29 is 14.3 Å². The van der Waals surface area contributed by atoms with Crippen molar-refractivity contribution in [1.82, 2.24) is 15.1 Å². The van der Waals surface area contributed by atoms with Crippen LogP contribution < -0.4 is 5.32 Å². The summed E-state index contributed by atoms with van der Waals surface area (Å²) in [7, 11) is 0. The second kappa shape index (κ2) is 10.4. The number of ether oxygens (including phenoxy) is 1. The number of likely N-dealkylation sites (tertiary alicyclic amines) is 2. The van der Waals surface area contributed by atoms with Crippen molar-refractivity contribution in [2.75, 3.05) is 39.3 Å². The molecule has 0 saturated carbocycles. The van der Waals surface area contributed by atoms with E-state index in [0.29, 0.717) is 30.5 Å². The lowest BCUT2D eigenvalue weighted by atomic mass is 9.82. The zero-order valence-electron chi connectivity index (χ0n) is 20.4. The van der Waals surface area contributed by atoms with Gasteiger partial charge in [-0.3, -0.25) is 9.69 Å². The van der Waals surface area contributed by atoms with Crippen molar-refractivity contribution in [3.63, 3.8) is 0 Å². The summed E-state index contributed by atoms with van der Waals surface area (Å²) < 4.78 is 5.85. The largest absolute Gasteiger partial charge is 0.450 e. The molecule has 180 valence electrons. The van der Waals surface area contributed by atoms with Crippen molar-refractivity contribution in [2.45, 2.75) is 58.6 Å². The average Bonchev–Trinajstić information content (AvgIpc) is 3.02. The van der Waals surface area contributed by atoms with Gasteiger partial charge in [-0.05, 0) is 43.7 Å². The minimum absolute atomic E-state index is 0.129. The van der Waals surface area contributed by atoms with E-state index in [1.165, 1.54) is 12.0 Å². The molecule has 1 spiro atoms. The molecule has 1 amide bonds. The Labute approximate surface area is 198 Å². The molecule has 2 fully saturated rings. The van der Waals surface area contributed by atoms with Crippen LogP contribution in [0.5, 0.6) is 0 Å². The molecule has 0 unspecified atom stereocenters. The second-order valence-corrected chi connectivity index (χ2v) is 10.5. The zero-order valence-corrected chi connectivity index (χ0v) is 20.4. The summed E-state index contributed by atoms with van der Waals surface area (Å²) >= 11 is 0. The first-order valence-electron chi connectivity index (χ1n) is 12.6. The van der Waals surface area contributed by atoms with Crippen LogP contribution in [-0.4, -0.2) is 66.5 Å². The SMILES string of the molecule is CC1=C(C(=O)NCCCN2C[C@H](C)C[C@@H](C)C2)C2(CCN(Cc3ccccc3)CC2)OC1=O. The third kappa shape index (κ3) is 5.67. The Bertz CT molecular complexity index is 864. The third-order valence-electron chi connectivity index (χ3n) is 7.45. The first kappa shape index (κ1) is 24.0. The van der Waals surface area contributed by atoms with E-state index in [-0.39, 0.29) is 11.9 Å². The number of amides is 1. The number of nitrogens with one attached hydrogen (secondary N) is 1. The highest BCUT2D eigenvalue weighted by molar-refractivity contribution is 6.07. The molecule has 0 bridgehead atoms. The third-order valence-corrected chi connectivity index (χ3v) is 7.45. The highest BCUT2D eigenvalue weighted by atomic mass is 16.6. The molecule has 6 heteroatoms. The zero-order chi connectivity index (χ0) is 23.4. The van der Waals surface area contributed by atoms with Crippen molar-refractivity contribution in [3.8, 4) is 0 Å². The van der Waals surface area contributed by atoms with Gasteiger partial charge in [0, 0.05) is 57.7 Å². The summed E-state index contributed by atoms with van der Waals surface area (Å²) in [6, 6.07) is 10.4. The number of hydrogen-bond acceptors (Lipinski definition) is 5. The Morgan fingerprint density at radius 3 is 2.42 bits per heavy atom. The lowest BCUT2D eigenvalue weighted by Crippen LogP contribution is -2.48. The molecule has 3 heterocycles. The first-order valence-corrected chi connectivity index (χ1v) is 12.6. The molecular formula is C27H39N3O3. The summed E-state index contributed by atoms with van der Waals surface area (Å²) in [6.45, 7) is 12.8. The van der Waals surface area contributed by atoms with Crippen molar-refractivity contribution in [1.29, 1.82) is 0 Å². The van der Waals surface area contributed by atoms with Crippen molar-refractivity contribution >= 4 is 11.9 Å². The van der Waals surface area contributed by atoms with Crippen LogP contribution in [-0.2, 0) is 20.9 Å². The molecule has 0 aliphatic carbocycles. The predicted molar refractivity (Wildman–Crippen MR) is 129 cm³/mol. The molecule has 1 aromatic carbocycles. The molecule has 3 aliphatic heterocycles. The maximum Gasteiger partial charge on any atom is 0.335 e. The van der Waals surface area contributed by atoms with E-state index in [1.807, 2.05) is 6.07 Å². The van der Waals surface area contributed by atoms with Gasteiger partial charge in [-0.25, -0.2) is 4.79 Å². The smallest absolute Gasteiger partial charge is 0.335 e. The van der Waals surface area contributed by atoms with E-state index in [4.69, 9.17) is 4.74 Å². The number of esters is 1. The molecule has 1 N–H and O–H groups in total. The fraction of sp³-hybridized carbons (Fsp3) is 0.630. The molecule has 3 aliphatic rings. The Morgan fingerprint density at radius 1 is 1.09 bits per heavy atom. The monoisotopic (exact) mass is 453 g/mol. The van der Waals surface area contributed by atoms with Gasteiger partial charge in [0.15, 0.2) is 0 Å². The van der Waals surface area contributed by atoms with E-state index in [9.17, 15) is 9.59 Å². The topological polar surface area (TPSA) is 61.9 Å². The number of benzene rings is 1. The minimum atomic E-state index is -0.768. The van der Waals surface area contributed by atoms with Gasteiger partial charge in [-0.2, -0.15) is 0 Å². The average molecular weight is 454 g/mol. The number of hydrogen-bond donors (Lipinski definition) is 1. The molecular weight excluding hydrogens is 414 g/mol. The van der Waals surface area contributed by atoms with E-state index in [0.717, 1.165) is 57.5 Å². The highest BCUT2D eigenvalue weighted by Crippen LogP contribution is 2.41. The predicted octanol–water partition coefficient (Wildman–Crippen LogP) is 3.38. The number of piperidine rings is 2. The van der Waals surface area contributed by atoms with Crippen molar-refractivity contribution in [3.05, 3.63) is 47.0 Å². The highest BCUT2D eigenvalue weighted by Gasteiger charge is 2.50. The lowest BCUT2D eigenvalue weighted by Gasteiger charge is -2.39. The maximum absolute atomic E-state index is 13.2. The summed E-state index contributed by atoms with van der Waals surface area (Å²) in [5.74, 6) is 1.01. The Kier molecular flexibility index (Phi) is 7.55. The van der Waals surface area contributed by atoms with Crippen LogP contribution in [0.15, 0.2) is 41.5 Å². The number of carbonyl (C=O) groups is 2. The van der Waals surface area contributed by atoms with Gasteiger partial charge in [0.2, 0.25) is 0 Å². The van der Waals surface area contributed by atoms with Gasteiger partial charge in [0.25, 0.3) is 5.91 Å². The quantitative estimate of drug-likeness (QED) is 0.507. The Hall–Kier alpha value is -2.18. The van der Waals surface area contributed by atoms with Crippen LogP contribution in [0.25, 0.3) is 0 Å². The second-order valence-electron chi connectivity index (χ2n) is 10.5. The van der Waals surface area contributed by atoms with Crippen LogP contribution in [0.1, 0.15) is 52.0 Å². The molecule has 0 radical (unpaired) electrons. The van der Waals surface area contributed by atoms with Crippen LogP contribution >= 0.6 is 0 Å². The van der Waals surface area contributed by atoms with Gasteiger partial charge in [0.05, 0.1) is 5.57 Å². The number of nitrogens with zero attached hydrogens (tertiary/aromatic N) is 2. The Balaban J connectivity index is 1.30. The van der Waals surface area contributed by atoms with E-state index in [2.05, 4.69) is 53.2 Å². The van der Waals surface area contributed by atoms with Crippen LogP contribution in [0.3, 0.4) is 0 Å². The van der Waals surface area contributed by atoms with Gasteiger partial charge in [-0.15, -0.1) is 0 Å². The summed E-state index contributed by atoms with van der Waals surface area (Å²) in [6.07, 6.45) is 3.55. The van der Waals surface area contributed by atoms with Crippen LogP contribution in [0.2, 0.25) is 0 Å². The molecule has 1 aromatic rings. The van der Waals surface area contributed by atoms with Crippen LogP contribution in [0, 0.1) is 11.8 Å². The summed E-state index contributed by atoms with van der Waals surface area (Å²) in [5.41, 5.74) is 1.55. The van der Waals surface area contributed by atoms with Crippen LogP contribution in [0.4, 0.5) is 0 Å². The van der Waals surface area contributed by atoms with E-state index < -0.39 is 5.60 Å². The fourth-order valence-electron chi connectivity index (χ4n) is 5.96. The van der Waals surface area contributed by atoms with Gasteiger partial charge < -0.3 is 15.0 Å². The first-order chi connectivity index (χ1) is 15.9. The Morgan fingerprint density at radius 2 is 1.76 bits per heavy atom. The molecule has 0 aromatic heterocycles. The lowest BCUT2D eigenvalue weighted by molar-refractivity contribution is -0.151. The van der Waals surface area contributed by atoms with Gasteiger partial charge in [0.1, 0.15) is 5.60 Å². The minimum Gasteiger partial charge on any atom is -0.450 e. The molecule has 33 heavy (non-hydrogen) atoms. The van der Waals surface area contributed by atoms with E-state index in [1.54, 1.807) is 6.92 Å².